The summed E-state index contributed by atoms with van der Waals surface area (Å²) in [6, 6.07) is 4.08. The molecule has 1 aromatic carbocycles. The summed E-state index contributed by atoms with van der Waals surface area (Å²) >= 11 is 0. The third-order valence-electron chi connectivity index (χ3n) is 5.00. The number of nitrogens with one attached hydrogen (secondary N) is 2. The van der Waals surface area contributed by atoms with E-state index in [-0.39, 0.29) is 28.3 Å². The third-order valence-corrected chi connectivity index (χ3v) is 5.00. The van der Waals surface area contributed by atoms with Crippen LogP contribution in [0.2, 0.25) is 0 Å². The Kier molecular flexibility index (Phi) is 4.92. The number of rotatable bonds is 0. The zero-order valence-corrected chi connectivity index (χ0v) is 16.3. The Balaban J connectivity index is 0.00000205. The first-order chi connectivity index (χ1) is 13.7. The maximum Gasteiger partial charge on any atom is 0.187 e. The monoisotopic (exact) mass is 423 g/mol. The minimum absolute atomic E-state index is 0. The first-order valence-electron chi connectivity index (χ1n) is 9.04. The summed E-state index contributed by atoms with van der Waals surface area (Å²) < 4.78 is 0. The van der Waals surface area contributed by atoms with E-state index in [1.54, 1.807) is 24.3 Å². The Morgan fingerprint density at radius 1 is 0.517 bits per heavy atom. The molecule has 0 fully saturated rings. The van der Waals surface area contributed by atoms with E-state index in [9.17, 15) is 9.59 Å². The van der Waals surface area contributed by atoms with Crippen molar-refractivity contribution in [1.29, 1.82) is 0 Å². The van der Waals surface area contributed by atoms with Gasteiger partial charge in [0.05, 0.1) is 11.4 Å². The second kappa shape index (κ2) is 7.54. The van der Waals surface area contributed by atoms with Crippen molar-refractivity contribution in [2.24, 2.45) is 0 Å². The van der Waals surface area contributed by atoms with Gasteiger partial charge in [-0.05, 0) is 36.5 Å². The molecule has 1 radical (unpaired) electrons. The van der Waals surface area contributed by atoms with E-state index in [1.165, 1.54) is 0 Å². The number of anilines is 2. The summed E-state index contributed by atoms with van der Waals surface area (Å²) in [6.45, 7) is 0. The number of hydrogen-bond donors (Lipinski definition) is 2. The number of ketones is 2. The Morgan fingerprint density at radius 3 is 1.34 bits per heavy atom. The van der Waals surface area contributed by atoms with E-state index in [1.807, 2.05) is 60.7 Å². The summed E-state index contributed by atoms with van der Waals surface area (Å²) in [5.74, 6) is -0.0495. The fourth-order valence-electron chi connectivity index (χ4n) is 3.57. The van der Waals surface area contributed by atoms with Gasteiger partial charge in [0.15, 0.2) is 11.6 Å². The fourth-order valence-corrected chi connectivity index (χ4v) is 3.57. The van der Waals surface area contributed by atoms with E-state index >= 15 is 0 Å². The van der Waals surface area contributed by atoms with Crippen LogP contribution in [-0.4, -0.2) is 11.6 Å². The molecule has 29 heavy (non-hydrogen) atoms. The Bertz CT molecular complexity index is 1090. The average molecular weight is 423 g/mol. The van der Waals surface area contributed by atoms with Crippen LogP contribution in [0.15, 0.2) is 95.4 Å². The average Bonchev–Trinajstić information content (AvgIpc) is 2.74. The van der Waals surface area contributed by atoms with Gasteiger partial charge in [-0.15, -0.1) is 0 Å². The molecule has 2 N–H and O–H groups in total. The smallest absolute Gasteiger partial charge is 0.187 e. The number of carbonyl (C=O) groups excluding carboxylic acids is 2. The predicted octanol–water partition coefficient (Wildman–Crippen LogP) is 4.46. The van der Waals surface area contributed by atoms with Crippen LogP contribution in [0, 0.1) is 0 Å². The maximum absolute atomic E-state index is 12.2. The summed E-state index contributed by atoms with van der Waals surface area (Å²) in [6.07, 6.45) is 21.8. The Labute approximate surface area is 178 Å². The van der Waals surface area contributed by atoms with E-state index in [0.29, 0.717) is 11.1 Å². The van der Waals surface area contributed by atoms with Gasteiger partial charge in [0.25, 0.3) is 0 Å². The molecule has 1 aromatic rings. The van der Waals surface area contributed by atoms with E-state index in [4.69, 9.17) is 0 Å². The van der Waals surface area contributed by atoms with Gasteiger partial charge in [0.2, 0.25) is 0 Å². The summed E-state index contributed by atoms with van der Waals surface area (Å²) in [5.41, 5.74) is 6.59. The van der Waals surface area contributed by atoms with Gasteiger partial charge in [-0.1, -0.05) is 48.6 Å². The van der Waals surface area contributed by atoms with E-state index in [0.717, 1.165) is 33.9 Å². The second-order valence-corrected chi connectivity index (χ2v) is 6.73. The van der Waals surface area contributed by atoms with Gasteiger partial charge in [-0.25, -0.2) is 0 Å². The standard InChI is InChI=1S/C24H16N2O2.Co/c27-21-7-3-1-5-17(21)19-13-11-15-9-10-16-12-14-20(26-24(16)23(15)25-19)18-6-2-4-8-22(18)28;/h1-14,25-26H;/b19-17-,20-18-;. The topological polar surface area (TPSA) is 58.2 Å². The predicted molar refractivity (Wildman–Crippen MR) is 112 cm³/mol. The number of hydrogen-bond acceptors (Lipinski definition) is 4. The van der Waals surface area contributed by atoms with Crippen LogP contribution in [0.4, 0.5) is 11.4 Å². The molecule has 2 aliphatic heterocycles. The maximum atomic E-state index is 12.2. The molecular formula is C24H16CoN2O2. The summed E-state index contributed by atoms with van der Waals surface area (Å²) in [7, 11) is 0. The zero-order chi connectivity index (χ0) is 19.1. The first-order valence-corrected chi connectivity index (χ1v) is 9.04. The molecule has 0 atom stereocenters. The van der Waals surface area contributed by atoms with Crippen LogP contribution in [0.3, 0.4) is 0 Å². The minimum Gasteiger partial charge on any atom is -0.353 e. The van der Waals surface area contributed by atoms with Gasteiger partial charge >= 0.3 is 0 Å². The number of benzene rings is 1. The molecule has 143 valence electrons. The number of fused-ring (bicyclic) bond motifs is 3. The van der Waals surface area contributed by atoms with E-state index < -0.39 is 0 Å². The van der Waals surface area contributed by atoms with E-state index in [2.05, 4.69) is 10.6 Å². The Hall–Kier alpha value is -3.41. The summed E-state index contributed by atoms with van der Waals surface area (Å²) in [5, 5.41) is 6.82. The Morgan fingerprint density at radius 2 is 0.931 bits per heavy atom. The largest absolute Gasteiger partial charge is 0.353 e. The van der Waals surface area contributed by atoms with Crippen LogP contribution in [0.25, 0.3) is 12.2 Å². The van der Waals surface area contributed by atoms with Crippen LogP contribution in [0.1, 0.15) is 11.1 Å². The van der Waals surface area contributed by atoms with Gasteiger partial charge < -0.3 is 10.6 Å². The quantitative estimate of drug-likeness (QED) is 0.605. The van der Waals surface area contributed by atoms with Crippen LogP contribution < -0.4 is 10.6 Å². The molecule has 0 spiro atoms. The molecule has 2 aliphatic carbocycles. The third kappa shape index (κ3) is 3.31. The SMILES string of the molecule is O=C1C=CC=C/C1=C1\C=Cc2ccc3c(c2N1)N/C(=C1/C=CC=CC1=O)C=C3.[Co]. The molecule has 0 saturated carbocycles. The van der Waals surface area contributed by atoms with Crippen molar-refractivity contribution in [2.75, 3.05) is 10.6 Å². The first kappa shape index (κ1) is 18.9. The van der Waals surface area contributed by atoms with Crippen LogP contribution >= 0.6 is 0 Å². The van der Waals surface area contributed by atoms with Crippen molar-refractivity contribution in [3.63, 3.8) is 0 Å². The molecule has 0 unspecified atom stereocenters. The van der Waals surface area contributed by atoms with Crippen molar-refractivity contribution in [3.05, 3.63) is 107 Å². The van der Waals surface area contributed by atoms with Gasteiger partial charge in [0.1, 0.15) is 0 Å². The molecule has 5 heteroatoms. The molecule has 0 bridgehead atoms. The van der Waals surface area contributed by atoms with Gasteiger partial charge in [0, 0.05) is 50.4 Å². The molecular weight excluding hydrogens is 407 g/mol. The van der Waals surface area contributed by atoms with Crippen molar-refractivity contribution < 1.29 is 26.4 Å². The molecule has 0 aromatic heterocycles. The molecule has 4 nitrogen and oxygen atoms in total. The molecule has 2 heterocycles. The molecule has 0 saturated heterocycles. The van der Waals surface area contributed by atoms with Gasteiger partial charge in [-0.2, -0.15) is 0 Å². The van der Waals surface area contributed by atoms with Crippen LogP contribution in [-0.2, 0) is 26.4 Å². The van der Waals surface area contributed by atoms with Gasteiger partial charge in [-0.3, -0.25) is 9.59 Å². The second-order valence-electron chi connectivity index (χ2n) is 6.73. The zero-order valence-electron chi connectivity index (χ0n) is 15.2. The molecule has 0 amide bonds. The van der Waals surface area contributed by atoms with Crippen molar-refractivity contribution >= 4 is 35.1 Å². The summed E-state index contributed by atoms with van der Waals surface area (Å²) in [4.78, 5) is 24.5. The van der Waals surface area contributed by atoms with Crippen LogP contribution in [0.5, 0.6) is 0 Å². The minimum atomic E-state index is -0.0247. The van der Waals surface area contributed by atoms with Crippen molar-refractivity contribution in [3.8, 4) is 0 Å². The van der Waals surface area contributed by atoms with Crippen molar-refractivity contribution in [1.82, 2.24) is 0 Å². The molecule has 5 rings (SSSR count). The number of carbonyl (C=O) groups is 2. The fraction of sp³-hybridized carbons (Fsp3) is 0. The number of allylic oxidation sites excluding steroid dienone is 12. The van der Waals surface area contributed by atoms with Crippen molar-refractivity contribution in [2.45, 2.75) is 0 Å². The molecule has 4 aliphatic rings. The normalized spacial score (nSPS) is 23.3.